The molecule has 1 aromatic heterocycles. The summed E-state index contributed by atoms with van der Waals surface area (Å²) in [4.78, 5) is 0. The Morgan fingerprint density at radius 2 is 2.21 bits per heavy atom. The number of hydrogen-bond donors (Lipinski definition) is 1. The molecule has 0 atom stereocenters. The van der Waals surface area contributed by atoms with E-state index < -0.39 is 0 Å². The molecule has 3 heteroatoms. The average Bonchev–Trinajstić information content (AvgIpc) is 3.15. The molecule has 0 radical (unpaired) electrons. The van der Waals surface area contributed by atoms with Crippen LogP contribution >= 0.6 is 0 Å². The minimum absolute atomic E-state index is 0.716. The number of nitrogens with one attached hydrogen (secondary N) is 1. The molecule has 0 spiro atoms. The topological polar surface area (TPSA) is 26.2 Å². The third-order valence-corrected chi connectivity index (χ3v) is 3.73. The van der Waals surface area contributed by atoms with E-state index in [1.165, 1.54) is 30.3 Å². The summed E-state index contributed by atoms with van der Waals surface area (Å²) >= 11 is 0. The minimum Gasteiger partial charge on any atom is -0.493 e. The monoisotopic (exact) mass is 258 g/mol. The predicted molar refractivity (Wildman–Crippen MR) is 78.7 cm³/mol. The normalized spacial score (nSPS) is 15.0. The fraction of sp³-hybridized carbons (Fsp3) is 0.500. The van der Waals surface area contributed by atoms with Gasteiger partial charge in [0.1, 0.15) is 5.75 Å². The zero-order valence-corrected chi connectivity index (χ0v) is 11.6. The van der Waals surface area contributed by atoms with Crippen molar-refractivity contribution in [2.45, 2.75) is 26.3 Å². The van der Waals surface area contributed by atoms with Gasteiger partial charge in [-0.2, -0.15) is 0 Å². The number of benzene rings is 1. The van der Waals surface area contributed by atoms with Crippen LogP contribution in [0.15, 0.2) is 30.5 Å². The van der Waals surface area contributed by atoms with Crippen molar-refractivity contribution in [3.05, 3.63) is 30.5 Å². The van der Waals surface area contributed by atoms with Crippen molar-refractivity contribution in [3.8, 4) is 5.75 Å². The summed E-state index contributed by atoms with van der Waals surface area (Å²) < 4.78 is 7.97. The number of hydrogen-bond acceptors (Lipinski definition) is 2. The molecule has 3 nitrogen and oxygen atoms in total. The van der Waals surface area contributed by atoms with Crippen molar-refractivity contribution in [3.63, 3.8) is 0 Å². The van der Waals surface area contributed by atoms with Crippen molar-refractivity contribution >= 4 is 10.9 Å². The number of nitrogens with zero attached hydrogens (tertiary/aromatic N) is 1. The van der Waals surface area contributed by atoms with Crippen molar-refractivity contribution in [1.82, 2.24) is 9.88 Å². The lowest BCUT2D eigenvalue weighted by atomic mass is 10.2. The van der Waals surface area contributed by atoms with Gasteiger partial charge in [0, 0.05) is 24.7 Å². The van der Waals surface area contributed by atoms with Crippen molar-refractivity contribution in [2.24, 2.45) is 5.92 Å². The number of aromatic nitrogens is 1. The third-order valence-electron chi connectivity index (χ3n) is 3.73. The molecule has 0 aliphatic heterocycles. The Morgan fingerprint density at radius 3 is 3.00 bits per heavy atom. The van der Waals surface area contributed by atoms with Gasteiger partial charge < -0.3 is 14.6 Å². The van der Waals surface area contributed by atoms with Crippen molar-refractivity contribution in [2.75, 3.05) is 19.7 Å². The quantitative estimate of drug-likeness (QED) is 0.773. The van der Waals surface area contributed by atoms with Crippen LogP contribution in [0, 0.1) is 5.92 Å². The van der Waals surface area contributed by atoms with Gasteiger partial charge in [0.2, 0.25) is 0 Å². The van der Waals surface area contributed by atoms with Crippen LogP contribution in [0.2, 0.25) is 0 Å². The first-order chi connectivity index (χ1) is 9.38. The fourth-order valence-electron chi connectivity index (χ4n) is 2.50. The van der Waals surface area contributed by atoms with E-state index in [-0.39, 0.29) is 0 Å². The molecule has 1 saturated carbocycles. The number of rotatable bonds is 7. The van der Waals surface area contributed by atoms with Gasteiger partial charge in [0.05, 0.1) is 12.1 Å². The summed E-state index contributed by atoms with van der Waals surface area (Å²) in [5, 5.41) is 4.75. The van der Waals surface area contributed by atoms with Gasteiger partial charge in [0.25, 0.3) is 0 Å². The minimum atomic E-state index is 0.716. The van der Waals surface area contributed by atoms with Crippen LogP contribution in [0.1, 0.15) is 19.8 Å². The Labute approximate surface area is 114 Å². The lowest BCUT2D eigenvalue weighted by Gasteiger charge is -2.08. The van der Waals surface area contributed by atoms with Crippen LogP contribution in [0.25, 0.3) is 10.9 Å². The van der Waals surface area contributed by atoms with E-state index >= 15 is 0 Å². The molecule has 1 aliphatic carbocycles. The molecule has 19 heavy (non-hydrogen) atoms. The predicted octanol–water partition coefficient (Wildman–Crippen LogP) is 3.04. The van der Waals surface area contributed by atoms with Crippen LogP contribution in [0.5, 0.6) is 5.75 Å². The lowest BCUT2D eigenvalue weighted by molar-refractivity contribution is 0.344. The van der Waals surface area contributed by atoms with Gasteiger partial charge in [-0.25, -0.2) is 0 Å². The molecule has 102 valence electrons. The SMILES string of the molecule is CCOc1cccc2c1ccn2CCNCC1CC1. The second kappa shape index (κ2) is 5.66. The lowest BCUT2D eigenvalue weighted by Crippen LogP contribution is -2.21. The fourth-order valence-corrected chi connectivity index (χ4v) is 2.50. The van der Waals surface area contributed by atoms with Gasteiger partial charge in [-0.05, 0) is 50.4 Å². The summed E-state index contributed by atoms with van der Waals surface area (Å²) in [6.45, 7) is 5.99. The van der Waals surface area contributed by atoms with Gasteiger partial charge in [-0.15, -0.1) is 0 Å². The van der Waals surface area contributed by atoms with E-state index in [0.29, 0.717) is 6.61 Å². The molecular formula is C16H22N2O. The summed E-state index contributed by atoms with van der Waals surface area (Å²) in [5.41, 5.74) is 1.26. The molecule has 2 aromatic rings. The molecular weight excluding hydrogens is 236 g/mol. The molecule has 1 aromatic carbocycles. The van der Waals surface area contributed by atoms with E-state index in [1.807, 2.05) is 13.0 Å². The highest BCUT2D eigenvalue weighted by Gasteiger charge is 2.19. The smallest absolute Gasteiger partial charge is 0.128 e. The maximum absolute atomic E-state index is 5.67. The Kier molecular flexibility index (Phi) is 3.74. The molecule has 0 amide bonds. The van der Waals surface area contributed by atoms with E-state index in [1.54, 1.807) is 0 Å². The standard InChI is InChI=1S/C16H22N2O/c1-2-19-16-5-3-4-15-14(16)8-10-18(15)11-9-17-12-13-6-7-13/h3-5,8,10,13,17H,2,6-7,9,11-12H2,1H3. The molecule has 0 unspecified atom stereocenters. The molecule has 0 bridgehead atoms. The second-order valence-electron chi connectivity index (χ2n) is 5.28. The highest BCUT2D eigenvalue weighted by molar-refractivity contribution is 5.86. The average molecular weight is 258 g/mol. The van der Waals surface area contributed by atoms with Crippen LogP contribution in [-0.4, -0.2) is 24.3 Å². The van der Waals surface area contributed by atoms with Crippen molar-refractivity contribution < 1.29 is 4.74 Å². The third kappa shape index (κ3) is 2.92. The van der Waals surface area contributed by atoms with E-state index in [2.05, 4.69) is 34.3 Å². The molecule has 1 fully saturated rings. The Hall–Kier alpha value is -1.48. The highest BCUT2D eigenvalue weighted by Crippen LogP contribution is 2.28. The summed E-state index contributed by atoms with van der Waals surface area (Å²) in [6, 6.07) is 8.43. The zero-order valence-electron chi connectivity index (χ0n) is 11.6. The van der Waals surface area contributed by atoms with E-state index in [4.69, 9.17) is 4.74 Å². The maximum atomic E-state index is 5.67. The van der Waals surface area contributed by atoms with E-state index in [9.17, 15) is 0 Å². The van der Waals surface area contributed by atoms with Crippen LogP contribution in [-0.2, 0) is 6.54 Å². The Morgan fingerprint density at radius 1 is 1.32 bits per heavy atom. The van der Waals surface area contributed by atoms with E-state index in [0.717, 1.165) is 24.8 Å². The van der Waals surface area contributed by atoms with Gasteiger partial charge in [-0.1, -0.05) is 6.07 Å². The molecule has 3 rings (SSSR count). The second-order valence-corrected chi connectivity index (χ2v) is 5.28. The summed E-state index contributed by atoms with van der Waals surface area (Å²) in [6.07, 6.45) is 4.99. The first-order valence-electron chi connectivity index (χ1n) is 7.30. The maximum Gasteiger partial charge on any atom is 0.128 e. The summed E-state index contributed by atoms with van der Waals surface area (Å²) in [5.74, 6) is 1.94. The molecule has 1 N–H and O–H groups in total. The Bertz CT molecular complexity index is 543. The number of fused-ring (bicyclic) bond motifs is 1. The molecule has 1 aliphatic rings. The zero-order chi connectivity index (χ0) is 13.1. The number of ether oxygens (including phenoxy) is 1. The molecule has 0 saturated heterocycles. The molecule has 1 heterocycles. The van der Waals surface area contributed by atoms with Gasteiger partial charge in [-0.3, -0.25) is 0 Å². The highest BCUT2D eigenvalue weighted by atomic mass is 16.5. The van der Waals surface area contributed by atoms with Gasteiger partial charge in [0.15, 0.2) is 0 Å². The van der Waals surface area contributed by atoms with Crippen LogP contribution in [0.4, 0.5) is 0 Å². The van der Waals surface area contributed by atoms with Crippen molar-refractivity contribution in [1.29, 1.82) is 0 Å². The summed E-state index contributed by atoms with van der Waals surface area (Å²) in [7, 11) is 0. The van der Waals surface area contributed by atoms with Crippen LogP contribution < -0.4 is 10.1 Å². The first-order valence-corrected chi connectivity index (χ1v) is 7.30. The van der Waals surface area contributed by atoms with Gasteiger partial charge >= 0.3 is 0 Å². The first kappa shape index (κ1) is 12.5. The largest absolute Gasteiger partial charge is 0.493 e. The Balaban J connectivity index is 1.67. The van der Waals surface area contributed by atoms with Crippen LogP contribution in [0.3, 0.4) is 0 Å².